The van der Waals surface area contributed by atoms with Crippen LogP contribution >= 0.6 is 0 Å². The van der Waals surface area contributed by atoms with Gasteiger partial charge in [0, 0.05) is 23.5 Å². The third-order valence-electron chi connectivity index (χ3n) is 4.95. The largest absolute Gasteiger partial charge is 0.467 e. The number of nitrogens with zero attached hydrogens (tertiary/aromatic N) is 1. The standard InChI is InChI=1S/C20H29N3O3/c1-6-21-19(24)13-22(7-2)16(5)20(25)18-11-14(3)23(15(18)4)12-17-9-8-10-26-17/h8-11,16H,6-7,12-13H2,1-5H3,(H,21,24)/p+1/t16-/m0/s1. The molecule has 0 aliphatic heterocycles. The molecule has 0 aromatic carbocycles. The summed E-state index contributed by atoms with van der Waals surface area (Å²) in [5, 5.41) is 2.81. The highest BCUT2D eigenvalue weighted by atomic mass is 16.3. The Balaban J connectivity index is 2.18. The molecule has 0 aliphatic carbocycles. The summed E-state index contributed by atoms with van der Waals surface area (Å²) < 4.78 is 7.52. The summed E-state index contributed by atoms with van der Waals surface area (Å²) in [5.41, 5.74) is 2.68. The van der Waals surface area contributed by atoms with E-state index in [1.807, 2.05) is 52.8 Å². The van der Waals surface area contributed by atoms with Gasteiger partial charge in [-0.25, -0.2) is 0 Å². The van der Waals surface area contributed by atoms with Crippen molar-refractivity contribution in [2.45, 2.75) is 47.2 Å². The van der Waals surface area contributed by atoms with Gasteiger partial charge in [0.1, 0.15) is 11.8 Å². The maximum atomic E-state index is 13.1. The molecule has 142 valence electrons. The van der Waals surface area contributed by atoms with Crippen molar-refractivity contribution >= 4 is 11.7 Å². The fourth-order valence-corrected chi connectivity index (χ4v) is 3.32. The minimum Gasteiger partial charge on any atom is -0.467 e. The number of aromatic nitrogens is 1. The molecule has 0 fully saturated rings. The van der Waals surface area contributed by atoms with E-state index in [1.54, 1.807) is 6.26 Å². The van der Waals surface area contributed by atoms with E-state index in [9.17, 15) is 9.59 Å². The van der Waals surface area contributed by atoms with Gasteiger partial charge in [-0.05, 0) is 52.8 Å². The van der Waals surface area contributed by atoms with E-state index in [2.05, 4.69) is 9.88 Å². The Morgan fingerprint density at radius 3 is 2.62 bits per heavy atom. The van der Waals surface area contributed by atoms with Crippen molar-refractivity contribution in [3.8, 4) is 0 Å². The Morgan fingerprint density at radius 1 is 1.31 bits per heavy atom. The van der Waals surface area contributed by atoms with E-state index < -0.39 is 0 Å². The molecule has 0 aliphatic rings. The average molecular weight is 360 g/mol. The van der Waals surface area contributed by atoms with Gasteiger partial charge in [0.25, 0.3) is 5.91 Å². The van der Waals surface area contributed by atoms with Crippen LogP contribution in [0.1, 0.15) is 48.3 Å². The molecule has 2 rings (SSSR count). The summed E-state index contributed by atoms with van der Waals surface area (Å²) in [6, 6.07) is 5.45. The monoisotopic (exact) mass is 360 g/mol. The lowest BCUT2D eigenvalue weighted by Crippen LogP contribution is -3.17. The minimum atomic E-state index is -0.278. The van der Waals surface area contributed by atoms with E-state index in [-0.39, 0.29) is 17.7 Å². The maximum absolute atomic E-state index is 13.1. The zero-order chi connectivity index (χ0) is 19.3. The molecule has 0 radical (unpaired) electrons. The normalized spacial score (nSPS) is 13.4. The van der Waals surface area contributed by atoms with Crippen molar-refractivity contribution in [1.82, 2.24) is 9.88 Å². The van der Waals surface area contributed by atoms with Gasteiger partial charge in [-0.15, -0.1) is 0 Å². The first-order valence-corrected chi connectivity index (χ1v) is 9.23. The number of rotatable bonds is 9. The van der Waals surface area contributed by atoms with E-state index in [0.29, 0.717) is 19.6 Å². The Labute approximate surface area is 155 Å². The Morgan fingerprint density at radius 2 is 2.04 bits per heavy atom. The van der Waals surface area contributed by atoms with Crippen LogP contribution in [0.2, 0.25) is 0 Å². The van der Waals surface area contributed by atoms with E-state index in [0.717, 1.165) is 34.2 Å². The molecule has 6 nitrogen and oxygen atoms in total. The maximum Gasteiger partial charge on any atom is 0.275 e. The van der Waals surface area contributed by atoms with Crippen LogP contribution < -0.4 is 10.2 Å². The summed E-state index contributed by atoms with van der Waals surface area (Å²) in [5.74, 6) is 0.910. The topological polar surface area (TPSA) is 68.7 Å². The number of amides is 1. The number of furan rings is 1. The van der Waals surface area contributed by atoms with Gasteiger partial charge in [0.05, 0.1) is 19.4 Å². The quantitative estimate of drug-likeness (QED) is 0.664. The number of quaternary nitrogens is 1. The van der Waals surface area contributed by atoms with Crippen molar-refractivity contribution in [2.75, 3.05) is 19.6 Å². The Bertz CT molecular complexity index is 747. The van der Waals surface area contributed by atoms with Gasteiger partial charge >= 0.3 is 0 Å². The van der Waals surface area contributed by atoms with Gasteiger partial charge in [-0.3, -0.25) is 9.59 Å². The number of aryl methyl sites for hydroxylation is 1. The van der Waals surface area contributed by atoms with Crippen LogP contribution in [-0.4, -0.2) is 41.9 Å². The molecule has 1 amide bonds. The van der Waals surface area contributed by atoms with E-state index >= 15 is 0 Å². The second-order valence-electron chi connectivity index (χ2n) is 6.68. The van der Waals surface area contributed by atoms with Crippen molar-refractivity contribution in [2.24, 2.45) is 0 Å². The third kappa shape index (κ3) is 4.43. The summed E-state index contributed by atoms with van der Waals surface area (Å²) in [6.07, 6.45) is 1.65. The van der Waals surface area contributed by atoms with Gasteiger partial charge in [0.15, 0.2) is 6.54 Å². The van der Waals surface area contributed by atoms with Crippen molar-refractivity contribution in [3.05, 3.63) is 47.2 Å². The first-order valence-electron chi connectivity index (χ1n) is 9.23. The van der Waals surface area contributed by atoms with Crippen LogP contribution in [0.15, 0.2) is 28.9 Å². The first kappa shape index (κ1) is 20.0. The number of nitrogens with one attached hydrogen (secondary N) is 2. The van der Waals surface area contributed by atoms with Crippen LogP contribution in [0, 0.1) is 13.8 Å². The molecule has 0 saturated heterocycles. The number of hydrogen-bond acceptors (Lipinski definition) is 3. The highest BCUT2D eigenvalue weighted by Gasteiger charge is 2.29. The van der Waals surface area contributed by atoms with Crippen molar-refractivity contribution < 1.29 is 18.9 Å². The number of hydrogen-bond donors (Lipinski definition) is 2. The van der Waals surface area contributed by atoms with Crippen molar-refractivity contribution in [1.29, 1.82) is 0 Å². The van der Waals surface area contributed by atoms with E-state index in [1.165, 1.54) is 0 Å². The SMILES string of the molecule is CCNC(=O)C[NH+](CC)[C@@H](C)C(=O)c1cc(C)n(Cc2ccco2)c1C. The molecule has 2 heterocycles. The number of ketones is 1. The molecular formula is C20H30N3O3+. The number of carbonyl (C=O) groups is 2. The second kappa shape index (κ2) is 8.85. The average Bonchev–Trinajstić information content (AvgIpc) is 3.22. The van der Waals surface area contributed by atoms with Gasteiger partial charge in [-0.2, -0.15) is 0 Å². The Hall–Kier alpha value is -2.34. The summed E-state index contributed by atoms with van der Waals surface area (Å²) in [7, 11) is 0. The Kier molecular flexibility index (Phi) is 6.80. The smallest absolute Gasteiger partial charge is 0.275 e. The molecule has 2 N–H and O–H groups in total. The van der Waals surface area contributed by atoms with Crippen molar-refractivity contribution in [3.63, 3.8) is 0 Å². The molecule has 6 heteroatoms. The van der Waals surface area contributed by atoms with Crippen LogP contribution in [0.5, 0.6) is 0 Å². The minimum absolute atomic E-state index is 0.0210. The fourth-order valence-electron chi connectivity index (χ4n) is 3.32. The third-order valence-corrected chi connectivity index (χ3v) is 4.95. The molecule has 1 unspecified atom stereocenters. The van der Waals surface area contributed by atoms with Gasteiger partial charge in [-0.1, -0.05) is 0 Å². The lowest BCUT2D eigenvalue weighted by Gasteiger charge is -2.23. The predicted octanol–water partition coefficient (Wildman–Crippen LogP) is 1.36. The zero-order valence-electron chi connectivity index (χ0n) is 16.4. The summed E-state index contributed by atoms with van der Waals surface area (Å²) >= 11 is 0. The van der Waals surface area contributed by atoms with Crippen LogP contribution in [0.3, 0.4) is 0 Å². The lowest BCUT2D eigenvalue weighted by atomic mass is 10.0. The van der Waals surface area contributed by atoms with Gasteiger partial charge in [0.2, 0.25) is 5.78 Å². The molecule has 26 heavy (non-hydrogen) atoms. The highest BCUT2D eigenvalue weighted by Crippen LogP contribution is 2.18. The fraction of sp³-hybridized carbons (Fsp3) is 0.500. The number of Topliss-reactive ketones (excluding diaryl/α,β-unsaturated/α-hetero) is 1. The molecule has 2 aromatic rings. The molecule has 0 spiro atoms. The lowest BCUT2D eigenvalue weighted by molar-refractivity contribution is -0.903. The first-order chi connectivity index (χ1) is 12.4. The molecular weight excluding hydrogens is 330 g/mol. The summed E-state index contributed by atoms with van der Waals surface area (Å²) in [4.78, 5) is 26.0. The van der Waals surface area contributed by atoms with Crippen LogP contribution in [-0.2, 0) is 11.3 Å². The predicted molar refractivity (Wildman–Crippen MR) is 101 cm³/mol. The molecule has 2 atom stereocenters. The molecule has 0 saturated carbocycles. The molecule has 0 bridgehead atoms. The van der Waals surface area contributed by atoms with Crippen LogP contribution in [0.4, 0.5) is 0 Å². The number of carbonyl (C=O) groups excluding carboxylic acids is 2. The molecule has 2 aromatic heterocycles. The zero-order valence-corrected chi connectivity index (χ0v) is 16.4. The highest BCUT2D eigenvalue weighted by molar-refractivity contribution is 6.00. The number of likely N-dealkylation sites (N-methyl/N-ethyl adjacent to an activating group) is 2. The summed E-state index contributed by atoms with van der Waals surface area (Å²) in [6.45, 7) is 12.0. The van der Waals surface area contributed by atoms with Gasteiger partial charge < -0.3 is 19.2 Å². The van der Waals surface area contributed by atoms with E-state index in [4.69, 9.17) is 4.42 Å². The van der Waals surface area contributed by atoms with Crippen LogP contribution in [0.25, 0.3) is 0 Å². The second-order valence-corrected chi connectivity index (χ2v) is 6.68.